The van der Waals surface area contributed by atoms with E-state index in [1.807, 2.05) is 6.26 Å². The molecule has 2 aromatic rings. The van der Waals surface area contributed by atoms with Crippen molar-refractivity contribution in [2.45, 2.75) is 25.3 Å². The summed E-state index contributed by atoms with van der Waals surface area (Å²) in [6.07, 6.45) is 2.74. The minimum atomic E-state index is -0.669. The average Bonchev–Trinajstić information content (AvgIpc) is 3.12. The average molecular weight is 381 g/mol. The maximum atomic E-state index is 12.9. The molecule has 7 nitrogen and oxygen atoms in total. The van der Waals surface area contributed by atoms with Gasteiger partial charge in [0.25, 0.3) is 0 Å². The van der Waals surface area contributed by atoms with Crippen molar-refractivity contribution in [3.05, 3.63) is 36.0 Å². The Labute approximate surface area is 154 Å². The molecule has 26 heavy (non-hydrogen) atoms. The van der Waals surface area contributed by atoms with Gasteiger partial charge < -0.3 is 14.6 Å². The summed E-state index contributed by atoms with van der Waals surface area (Å²) in [5.41, 5.74) is 0.619. The summed E-state index contributed by atoms with van der Waals surface area (Å²) in [5, 5.41) is 6.48. The summed E-state index contributed by atoms with van der Waals surface area (Å²) in [7, 11) is 1.29. The van der Waals surface area contributed by atoms with Gasteiger partial charge in [0.15, 0.2) is 0 Å². The van der Waals surface area contributed by atoms with Gasteiger partial charge in [-0.05, 0) is 42.7 Å². The van der Waals surface area contributed by atoms with Crippen molar-refractivity contribution in [1.29, 1.82) is 0 Å². The number of nitrogens with zero attached hydrogens (tertiary/aromatic N) is 2. The fourth-order valence-corrected chi connectivity index (χ4v) is 2.66. The minimum absolute atomic E-state index is 0.0951. The number of thioether (sulfide) groups is 1. The summed E-state index contributed by atoms with van der Waals surface area (Å²) in [4.78, 5) is 28.0. The van der Waals surface area contributed by atoms with Gasteiger partial charge in [0.05, 0.1) is 7.11 Å². The fraction of sp³-hybridized carbons (Fsp3) is 0.412. The molecule has 0 aliphatic heterocycles. The van der Waals surface area contributed by atoms with Crippen molar-refractivity contribution in [3.8, 4) is 11.4 Å². The summed E-state index contributed by atoms with van der Waals surface area (Å²) in [5.74, 6) is 0.221. The zero-order valence-corrected chi connectivity index (χ0v) is 15.3. The minimum Gasteiger partial charge on any atom is -0.467 e. The van der Waals surface area contributed by atoms with E-state index in [2.05, 4.69) is 15.5 Å². The van der Waals surface area contributed by atoms with Crippen molar-refractivity contribution < 1.29 is 23.2 Å². The van der Waals surface area contributed by atoms with Crippen LogP contribution in [0.3, 0.4) is 0 Å². The highest BCUT2D eigenvalue weighted by Crippen LogP contribution is 2.16. The van der Waals surface area contributed by atoms with Crippen LogP contribution in [-0.2, 0) is 20.7 Å². The lowest BCUT2D eigenvalue weighted by atomic mass is 10.2. The fourth-order valence-electron chi connectivity index (χ4n) is 2.19. The molecular weight excluding hydrogens is 361 g/mol. The van der Waals surface area contributed by atoms with E-state index in [1.54, 1.807) is 23.9 Å². The largest absolute Gasteiger partial charge is 0.467 e. The van der Waals surface area contributed by atoms with Crippen molar-refractivity contribution in [2.24, 2.45) is 0 Å². The molecule has 0 aliphatic rings. The summed E-state index contributed by atoms with van der Waals surface area (Å²) in [6.45, 7) is 0. The molecule has 140 valence electrons. The Morgan fingerprint density at radius 2 is 2.08 bits per heavy atom. The van der Waals surface area contributed by atoms with Crippen molar-refractivity contribution in [2.75, 3.05) is 19.1 Å². The maximum Gasteiger partial charge on any atom is 0.328 e. The molecule has 0 spiro atoms. The molecule has 9 heteroatoms. The van der Waals surface area contributed by atoms with Crippen molar-refractivity contribution >= 4 is 23.6 Å². The molecule has 1 aromatic carbocycles. The number of nitrogens with one attached hydrogen (secondary N) is 1. The first-order valence-electron chi connectivity index (χ1n) is 7.98. The summed E-state index contributed by atoms with van der Waals surface area (Å²) < 4.78 is 22.8. The first kappa shape index (κ1) is 19.9. The molecule has 0 radical (unpaired) electrons. The van der Waals surface area contributed by atoms with Gasteiger partial charge in [-0.15, -0.1) is 0 Å². The van der Waals surface area contributed by atoms with Gasteiger partial charge in [-0.1, -0.05) is 5.16 Å². The number of aryl methyl sites for hydroxylation is 1. The molecule has 2 rings (SSSR count). The number of aromatic nitrogens is 2. The molecule has 1 atom stereocenters. The molecule has 0 aliphatic carbocycles. The molecule has 0 fully saturated rings. The molecule has 1 aromatic heterocycles. The van der Waals surface area contributed by atoms with E-state index in [1.165, 1.54) is 19.2 Å². The summed E-state index contributed by atoms with van der Waals surface area (Å²) in [6, 6.07) is 5.03. The molecule has 1 N–H and O–H groups in total. The van der Waals surface area contributed by atoms with Crippen LogP contribution in [0.5, 0.6) is 0 Å². The van der Waals surface area contributed by atoms with E-state index < -0.39 is 12.0 Å². The third-order valence-corrected chi connectivity index (χ3v) is 4.21. The standard InChI is InChI=1S/C17H20FN3O4S/c1-24-17(23)13(9-10-26-2)19-14(22)7-8-15-20-16(21-25-15)11-3-5-12(18)6-4-11/h3-6,13H,7-10H2,1-2H3,(H,19,22)/t13-/m0/s1. The van der Waals surface area contributed by atoms with Gasteiger partial charge in [-0.2, -0.15) is 16.7 Å². The Kier molecular flexibility index (Phi) is 7.58. The first-order valence-corrected chi connectivity index (χ1v) is 9.37. The second kappa shape index (κ2) is 9.91. The SMILES string of the molecule is COC(=O)[C@H](CCSC)NC(=O)CCc1nc(-c2ccc(F)cc2)no1. The molecule has 0 bridgehead atoms. The predicted molar refractivity (Wildman–Crippen MR) is 95.0 cm³/mol. The number of methoxy groups -OCH3 is 1. The van der Waals surface area contributed by atoms with Crippen LogP contribution in [0, 0.1) is 5.82 Å². The van der Waals surface area contributed by atoms with Crippen LogP contribution in [-0.4, -0.2) is 47.2 Å². The number of hydrogen-bond acceptors (Lipinski definition) is 7. The molecular formula is C17H20FN3O4S. The highest BCUT2D eigenvalue weighted by molar-refractivity contribution is 7.98. The van der Waals surface area contributed by atoms with Crippen LogP contribution in [0.2, 0.25) is 0 Å². The predicted octanol–water partition coefficient (Wildman–Crippen LogP) is 2.22. The second-order valence-corrected chi connectivity index (χ2v) is 6.43. The highest BCUT2D eigenvalue weighted by Gasteiger charge is 2.21. The number of ether oxygens (including phenoxy) is 1. The van der Waals surface area contributed by atoms with E-state index >= 15 is 0 Å². The number of hydrogen-bond donors (Lipinski definition) is 1. The number of carbonyl (C=O) groups excluding carboxylic acids is 2. The number of halogens is 1. The van der Waals surface area contributed by atoms with E-state index in [4.69, 9.17) is 9.26 Å². The second-order valence-electron chi connectivity index (χ2n) is 5.44. The van der Waals surface area contributed by atoms with Crippen LogP contribution in [0.1, 0.15) is 18.7 Å². The zero-order chi connectivity index (χ0) is 18.9. The Morgan fingerprint density at radius 1 is 1.35 bits per heavy atom. The van der Waals surface area contributed by atoms with Crippen LogP contribution in [0.4, 0.5) is 4.39 Å². The smallest absolute Gasteiger partial charge is 0.328 e. The zero-order valence-electron chi connectivity index (χ0n) is 14.5. The van der Waals surface area contributed by atoms with Gasteiger partial charge in [0.1, 0.15) is 11.9 Å². The third-order valence-electron chi connectivity index (χ3n) is 3.57. The van der Waals surface area contributed by atoms with Gasteiger partial charge in [-0.25, -0.2) is 9.18 Å². The lowest BCUT2D eigenvalue weighted by Crippen LogP contribution is -2.42. The number of benzene rings is 1. The van der Waals surface area contributed by atoms with Gasteiger partial charge >= 0.3 is 5.97 Å². The van der Waals surface area contributed by atoms with Gasteiger partial charge in [0.2, 0.25) is 17.6 Å². The molecule has 0 saturated carbocycles. The Balaban J connectivity index is 1.88. The lowest BCUT2D eigenvalue weighted by molar-refractivity contribution is -0.145. The topological polar surface area (TPSA) is 94.3 Å². The van der Waals surface area contributed by atoms with Gasteiger partial charge in [0, 0.05) is 18.4 Å². The number of rotatable bonds is 9. The van der Waals surface area contributed by atoms with Crippen LogP contribution >= 0.6 is 11.8 Å². The maximum absolute atomic E-state index is 12.9. The number of carbonyl (C=O) groups is 2. The first-order chi connectivity index (χ1) is 12.5. The van der Waals surface area contributed by atoms with Crippen LogP contribution in [0.25, 0.3) is 11.4 Å². The molecule has 0 unspecified atom stereocenters. The normalized spacial score (nSPS) is 11.8. The Hall–Kier alpha value is -2.42. The summed E-state index contributed by atoms with van der Waals surface area (Å²) >= 11 is 1.58. The van der Waals surface area contributed by atoms with Crippen molar-refractivity contribution in [3.63, 3.8) is 0 Å². The number of esters is 1. The molecule has 1 amide bonds. The quantitative estimate of drug-likeness (QED) is 0.666. The van der Waals surface area contributed by atoms with Gasteiger partial charge in [-0.3, -0.25) is 4.79 Å². The molecule has 1 heterocycles. The number of amides is 1. The van der Waals surface area contributed by atoms with E-state index in [0.717, 1.165) is 5.75 Å². The van der Waals surface area contributed by atoms with E-state index in [0.29, 0.717) is 23.7 Å². The van der Waals surface area contributed by atoms with E-state index in [9.17, 15) is 14.0 Å². The monoisotopic (exact) mass is 381 g/mol. The Morgan fingerprint density at radius 3 is 2.73 bits per heavy atom. The van der Waals surface area contributed by atoms with Crippen LogP contribution in [0.15, 0.2) is 28.8 Å². The highest BCUT2D eigenvalue weighted by atomic mass is 32.2. The molecule has 0 saturated heterocycles. The third kappa shape index (κ3) is 5.83. The van der Waals surface area contributed by atoms with E-state index in [-0.39, 0.29) is 24.6 Å². The lowest BCUT2D eigenvalue weighted by Gasteiger charge is -2.15. The van der Waals surface area contributed by atoms with Crippen molar-refractivity contribution in [1.82, 2.24) is 15.5 Å². The Bertz CT molecular complexity index is 736. The van der Waals surface area contributed by atoms with Crippen LogP contribution < -0.4 is 5.32 Å².